The largest absolute Gasteiger partial charge is 0.298 e. The van der Waals surface area contributed by atoms with E-state index in [1.54, 1.807) is 12.5 Å². The van der Waals surface area contributed by atoms with Crippen molar-refractivity contribution in [2.45, 2.75) is 0 Å². The summed E-state index contributed by atoms with van der Waals surface area (Å²) in [5, 5.41) is -0.715. The highest BCUT2D eigenvalue weighted by atomic mass is 32.2. The van der Waals surface area contributed by atoms with Gasteiger partial charge in [0.15, 0.2) is 0 Å². The molecule has 11 heavy (non-hydrogen) atoms. The molecule has 2 amide bonds. The van der Waals surface area contributed by atoms with Crippen LogP contribution in [0.15, 0.2) is 0 Å². The molecule has 0 saturated carbocycles. The lowest BCUT2D eigenvalue weighted by Crippen LogP contribution is -2.16. The quantitative estimate of drug-likeness (QED) is 0.682. The third kappa shape index (κ3) is 6.39. The molecule has 0 aromatic carbocycles. The average molecular weight is 212 g/mol. The Balaban J connectivity index is 3.49. The van der Waals surface area contributed by atoms with Crippen LogP contribution in [0.1, 0.15) is 0 Å². The van der Waals surface area contributed by atoms with E-state index in [2.05, 4.69) is 9.44 Å². The molecule has 0 rings (SSSR count). The highest BCUT2D eigenvalue weighted by Crippen LogP contribution is 2.06. The first-order chi connectivity index (χ1) is 5.20. The SMILES string of the molecule is CSNC(=O)SC(=O)NSC. The first kappa shape index (κ1) is 11.0. The Morgan fingerprint density at radius 1 is 1.00 bits per heavy atom. The summed E-state index contributed by atoms with van der Waals surface area (Å²) >= 11 is 2.93. The maximum atomic E-state index is 10.7. The molecular formula is C4H8N2O2S3. The summed E-state index contributed by atoms with van der Waals surface area (Å²) in [6.45, 7) is 0. The standard InChI is InChI=1S/C4H8N2O2S3/c1-9-5-3(7)11-4(8)6-10-2/h1-2H3,(H,5,7)(H,6,8). The molecule has 0 saturated heterocycles. The fraction of sp³-hybridized carbons (Fsp3) is 0.500. The fourth-order valence-electron chi connectivity index (χ4n) is 0.293. The molecule has 7 heteroatoms. The fourth-order valence-corrected chi connectivity index (χ4v) is 1.63. The highest BCUT2D eigenvalue weighted by Gasteiger charge is 2.07. The molecule has 0 aromatic rings. The van der Waals surface area contributed by atoms with Crippen LogP contribution in [0.25, 0.3) is 0 Å². The molecule has 0 fully saturated rings. The van der Waals surface area contributed by atoms with Crippen molar-refractivity contribution in [3.8, 4) is 0 Å². The molecular weight excluding hydrogens is 204 g/mol. The minimum Gasteiger partial charge on any atom is -0.291 e. The summed E-state index contributed by atoms with van der Waals surface area (Å²) in [5.41, 5.74) is 0. The van der Waals surface area contributed by atoms with Gasteiger partial charge < -0.3 is 0 Å². The number of hydrogen-bond acceptors (Lipinski definition) is 5. The van der Waals surface area contributed by atoms with E-state index in [0.717, 1.165) is 23.9 Å². The molecule has 0 atom stereocenters. The van der Waals surface area contributed by atoms with Crippen molar-refractivity contribution in [3.63, 3.8) is 0 Å². The lowest BCUT2D eigenvalue weighted by molar-refractivity contribution is 0.262. The van der Waals surface area contributed by atoms with Crippen molar-refractivity contribution in [2.75, 3.05) is 12.5 Å². The van der Waals surface area contributed by atoms with E-state index >= 15 is 0 Å². The first-order valence-corrected chi connectivity index (χ1v) is 5.81. The monoisotopic (exact) mass is 212 g/mol. The highest BCUT2D eigenvalue weighted by molar-refractivity contribution is 8.27. The van der Waals surface area contributed by atoms with Gasteiger partial charge in [0.1, 0.15) is 0 Å². The zero-order valence-electron chi connectivity index (χ0n) is 6.04. The number of amides is 2. The second-order valence-electron chi connectivity index (χ2n) is 1.29. The summed E-state index contributed by atoms with van der Waals surface area (Å²) in [4.78, 5) is 21.4. The Morgan fingerprint density at radius 3 is 1.64 bits per heavy atom. The van der Waals surface area contributed by atoms with Crippen molar-refractivity contribution in [1.29, 1.82) is 0 Å². The van der Waals surface area contributed by atoms with Crippen LogP contribution in [-0.2, 0) is 0 Å². The topological polar surface area (TPSA) is 58.2 Å². The molecule has 0 bridgehead atoms. The van der Waals surface area contributed by atoms with Crippen molar-refractivity contribution >= 4 is 46.1 Å². The third-order valence-corrected chi connectivity index (χ3v) is 2.17. The summed E-state index contributed by atoms with van der Waals surface area (Å²) in [6, 6.07) is 0. The zero-order valence-corrected chi connectivity index (χ0v) is 8.49. The Hall–Kier alpha value is -0.0100. The molecule has 0 aliphatic heterocycles. The molecule has 2 N–H and O–H groups in total. The van der Waals surface area contributed by atoms with Gasteiger partial charge in [-0.1, -0.05) is 23.9 Å². The molecule has 0 spiro atoms. The van der Waals surface area contributed by atoms with Crippen molar-refractivity contribution in [3.05, 3.63) is 0 Å². The van der Waals surface area contributed by atoms with Crippen molar-refractivity contribution in [2.24, 2.45) is 0 Å². The minimum atomic E-state index is -0.357. The van der Waals surface area contributed by atoms with Crippen LogP contribution in [0, 0.1) is 0 Å². The average Bonchev–Trinajstić information content (AvgIpc) is 1.87. The van der Waals surface area contributed by atoms with Gasteiger partial charge in [-0.2, -0.15) is 0 Å². The van der Waals surface area contributed by atoms with Gasteiger partial charge in [0.2, 0.25) is 0 Å². The molecule has 0 heterocycles. The van der Waals surface area contributed by atoms with Gasteiger partial charge in [0, 0.05) is 24.3 Å². The number of hydrogen-bond donors (Lipinski definition) is 2. The summed E-state index contributed by atoms with van der Waals surface area (Å²) in [5.74, 6) is 0. The maximum Gasteiger partial charge on any atom is 0.298 e. The van der Waals surface area contributed by atoms with E-state index in [1.165, 1.54) is 0 Å². The number of nitrogens with one attached hydrogen (secondary N) is 2. The van der Waals surface area contributed by atoms with Gasteiger partial charge in [-0.25, -0.2) is 0 Å². The van der Waals surface area contributed by atoms with Gasteiger partial charge in [0.25, 0.3) is 10.5 Å². The van der Waals surface area contributed by atoms with Crippen LogP contribution in [0.3, 0.4) is 0 Å². The van der Waals surface area contributed by atoms with Gasteiger partial charge in [-0.3, -0.25) is 19.0 Å². The first-order valence-electron chi connectivity index (χ1n) is 2.54. The summed E-state index contributed by atoms with van der Waals surface area (Å²) < 4.78 is 4.81. The normalized spacial score (nSPS) is 8.91. The Labute approximate surface area is 77.9 Å². The third-order valence-electron chi connectivity index (χ3n) is 0.556. The van der Waals surface area contributed by atoms with Crippen molar-refractivity contribution < 1.29 is 9.59 Å². The maximum absolute atomic E-state index is 10.7. The number of thioether (sulfide) groups is 1. The second kappa shape index (κ2) is 6.68. The predicted molar refractivity (Wildman–Crippen MR) is 51.7 cm³/mol. The van der Waals surface area contributed by atoms with Gasteiger partial charge in [0.05, 0.1) is 0 Å². The van der Waals surface area contributed by atoms with E-state index in [1.807, 2.05) is 0 Å². The van der Waals surface area contributed by atoms with Crippen LogP contribution in [0.5, 0.6) is 0 Å². The predicted octanol–water partition coefficient (Wildman–Crippen LogP) is 1.69. The van der Waals surface area contributed by atoms with Gasteiger partial charge in [-0.05, 0) is 0 Å². The molecule has 0 radical (unpaired) electrons. The van der Waals surface area contributed by atoms with Crippen molar-refractivity contribution in [1.82, 2.24) is 9.44 Å². The van der Waals surface area contributed by atoms with E-state index in [-0.39, 0.29) is 10.5 Å². The van der Waals surface area contributed by atoms with E-state index in [4.69, 9.17) is 0 Å². The number of carbonyl (C=O) groups is 2. The van der Waals surface area contributed by atoms with Crippen LogP contribution in [0.2, 0.25) is 0 Å². The van der Waals surface area contributed by atoms with E-state index in [9.17, 15) is 9.59 Å². The second-order valence-corrected chi connectivity index (χ2v) is 3.46. The van der Waals surface area contributed by atoms with E-state index < -0.39 is 0 Å². The molecule has 0 aliphatic carbocycles. The van der Waals surface area contributed by atoms with Crippen LogP contribution < -0.4 is 9.44 Å². The summed E-state index contributed by atoms with van der Waals surface area (Å²) in [7, 11) is 0. The Kier molecular flexibility index (Phi) is 6.68. The van der Waals surface area contributed by atoms with Crippen LogP contribution in [0.4, 0.5) is 9.59 Å². The lowest BCUT2D eigenvalue weighted by Gasteiger charge is -1.98. The van der Waals surface area contributed by atoms with Crippen LogP contribution in [-0.4, -0.2) is 23.0 Å². The Morgan fingerprint density at radius 2 is 1.36 bits per heavy atom. The van der Waals surface area contributed by atoms with Crippen LogP contribution >= 0.6 is 35.7 Å². The Bertz CT molecular complexity index is 136. The number of rotatable bonds is 2. The minimum absolute atomic E-state index is 0.357. The molecule has 0 aromatic heterocycles. The lowest BCUT2D eigenvalue weighted by atomic mass is 11.4. The zero-order chi connectivity index (χ0) is 8.69. The van der Waals surface area contributed by atoms with Gasteiger partial charge >= 0.3 is 0 Å². The molecule has 4 nitrogen and oxygen atoms in total. The van der Waals surface area contributed by atoms with E-state index in [0.29, 0.717) is 11.8 Å². The molecule has 0 aliphatic rings. The smallest absolute Gasteiger partial charge is 0.291 e. The molecule has 0 unspecified atom stereocenters. The summed E-state index contributed by atoms with van der Waals surface area (Å²) in [6.07, 6.45) is 3.43. The molecule has 64 valence electrons. The number of carbonyl (C=O) groups excluding carboxylic acids is 2. The van der Waals surface area contributed by atoms with Gasteiger partial charge in [-0.15, -0.1) is 0 Å².